The highest BCUT2D eigenvalue weighted by atomic mass is 16.3. The largest absolute Gasteiger partial charge is 0.507 e. The van der Waals surface area contributed by atoms with Gasteiger partial charge in [-0.05, 0) is 71.3 Å². The number of hydrogen-bond donors (Lipinski definition) is 1. The van der Waals surface area contributed by atoms with Gasteiger partial charge in [-0.3, -0.25) is 9.55 Å². The summed E-state index contributed by atoms with van der Waals surface area (Å²) >= 11 is 0. The third kappa shape index (κ3) is 4.56. The van der Waals surface area contributed by atoms with Crippen LogP contribution < -0.4 is 0 Å². The van der Waals surface area contributed by atoms with E-state index in [1.807, 2.05) is 72.9 Å². The minimum absolute atomic E-state index is 0.182. The lowest BCUT2D eigenvalue weighted by Crippen LogP contribution is -1.97. The maximum absolute atomic E-state index is 10.9. The molecule has 0 fully saturated rings. The zero-order valence-corrected chi connectivity index (χ0v) is 25.2. The highest BCUT2D eigenvalue weighted by Crippen LogP contribution is 2.40. The highest BCUT2D eigenvalue weighted by molar-refractivity contribution is 6.05. The van der Waals surface area contributed by atoms with E-state index in [9.17, 15) is 5.11 Å². The lowest BCUT2D eigenvalue weighted by molar-refractivity contribution is 0.477. The highest BCUT2D eigenvalue weighted by Gasteiger charge is 2.20. The van der Waals surface area contributed by atoms with Gasteiger partial charge in [-0.2, -0.15) is 0 Å². The summed E-state index contributed by atoms with van der Waals surface area (Å²) in [6, 6.07) is 50.8. The van der Waals surface area contributed by atoms with Crippen molar-refractivity contribution in [3.63, 3.8) is 0 Å². The van der Waals surface area contributed by atoms with Crippen LogP contribution in [0, 0.1) is 0 Å². The number of fused-ring (bicyclic) bond motifs is 4. The van der Waals surface area contributed by atoms with Crippen molar-refractivity contribution in [2.75, 3.05) is 0 Å². The van der Waals surface area contributed by atoms with Gasteiger partial charge < -0.3 is 9.52 Å². The van der Waals surface area contributed by atoms with Gasteiger partial charge in [0.25, 0.3) is 0 Å². The molecule has 9 rings (SSSR count). The molecule has 3 heterocycles. The monoisotopic (exact) mass is 605 g/mol. The average Bonchev–Trinajstić information content (AvgIpc) is 3.71. The summed E-state index contributed by atoms with van der Waals surface area (Å²) in [5.41, 5.74) is 11.1. The van der Waals surface area contributed by atoms with Crippen molar-refractivity contribution >= 4 is 33.0 Å². The SMILES string of the molecule is Oc1ccccc1-c1nc2c(-c3cc(-c4ccccc4)cc(-c4cc5oc6ccccc6c5cn4)c3)cccc2n1-c1ccccc1. The van der Waals surface area contributed by atoms with Crippen molar-refractivity contribution in [2.45, 2.75) is 0 Å². The Hall–Kier alpha value is -6.46. The molecular formula is C42H27N3O2. The standard InChI is InChI=1S/C42H27N3O2/c46-38-20-9-7-17-34(38)42-44-41-32(18-11-19-37(41)45(42)31-14-5-2-6-15-31)29-22-28(27-12-3-1-4-13-27)23-30(24-29)36-25-40-35(26-43-36)33-16-8-10-21-39(33)47-40/h1-26,46H. The molecule has 3 aromatic heterocycles. The number of pyridine rings is 1. The van der Waals surface area contributed by atoms with Crippen LogP contribution in [0.5, 0.6) is 5.75 Å². The van der Waals surface area contributed by atoms with Gasteiger partial charge in [-0.1, -0.05) is 91.0 Å². The molecule has 1 N–H and O–H groups in total. The van der Waals surface area contributed by atoms with Crippen LogP contribution in [0.15, 0.2) is 162 Å². The smallest absolute Gasteiger partial charge is 0.149 e. The summed E-state index contributed by atoms with van der Waals surface area (Å²) in [6.07, 6.45) is 1.91. The number of rotatable bonds is 5. The summed E-state index contributed by atoms with van der Waals surface area (Å²) in [4.78, 5) is 10.2. The first-order valence-corrected chi connectivity index (χ1v) is 15.5. The number of nitrogens with zero attached hydrogens (tertiary/aromatic N) is 3. The molecule has 0 bridgehead atoms. The molecule has 5 heteroatoms. The summed E-state index contributed by atoms with van der Waals surface area (Å²) < 4.78 is 8.36. The molecule has 0 saturated heterocycles. The van der Waals surface area contributed by atoms with E-state index in [1.54, 1.807) is 6.07 Å². The molecule has 0 radical (unpaired) electrons. The van der Waals surface area contributed by atoms with E-state index in [-0.39, 0.29) is 5.75 Å². The van der Waals surface area contributed by atoms with Crippen LogP contribution in [0.25, 0.3) is 83.6 Å². The molecule has 9 aromatic rings. The molecule has 0 aliphatic carbocycles. The molecule has 0 saturated carbocycles. The Balaban J connectivity index is 1.29. The first-order chi connectivity index (χ1) is 23.2. The van der Waals surface area contributed by atoms with Crippen LogP contribution in [0.3, 0.4) is 0 Å². The number of imidazole rings is 1. The maximum Gasteiger partial charge on any atom is 0.149 e. The Kier molecular flexibility index (Phi) is 6.22. The van der Waals surface area contributed by atoms with E-state index in [2.05, 4.69) is 83.4 Å². The third-order valence-corrected chi connectivity index (χ3v) is 8.75. The number of phenolic OH excluding ortho intramolecular Hbond substituents is 1. The normalized spacial score (nSPS) is 11.5. The van der Waals surface area contributed by atoms with E-state index in [0.717, 1.165) is 72.2 Å². The molecule has 0 aliphatic heterocycles. The lowest BCUT2D eigenvalue weighted by Gasteiger charge is -2.12. The van der Waals surface area contributed by atoms with Crippen molar-refractivity contribution in [1.29, 1.82) is 0 Å². The fraction of sp³-hybridized carbons (Fsp3) is 0. The second-order valence-electron chi connectivity index (χ2n) is 11.6. The van der Waals surface area contributed by atoms with Crippen LogP contribution in [0.2, 0.25) is 0 Å². The number of phenols is 1. The van der Waals surface area contributed by atoms with Crippen LogP contribution in [0.4, 0.5) is 0 Å². The molecule has 5 nitrogen and oxygen atoms in total. The van der Waals surface area contributed by atoms with Crippen molar-refractivity contribution in [3.05, 3.63) is 158 Å². The Morgan fingerprint density at radius 2 is 1.23 bits per heavy atom. The van der Waals surface area contributed by atoms with Crippen LogP contribution in [0.1, 0.15) is 0 Å². The second-order valence-corrected chi connectivity index (χ2v) is 11.6. The Bertz CT molecular complexity index is 2580. The Morgan fingerprint density at radius 1 is 0.532 bits per heavy atom. The zero-order chi connectivity index (χ0) is 31.3. The molecule has 6 aromatic carbocycles. The van der Waals surface area contributed by atoms with E-state index >= 15 is 0 Å². The average molecular weight is 606 g/mol. The van der Waals surface area contributed by atoms with E-state index in [0.29, 0.717) is 11.4 Å². The first kappa shape index (κ1) is 26.9. The van der Waals surface area contributed by atoms with Crippen LogP contribution >= 0.6 is 0 Å². The summed E-state index contributed by atoms with van der Waals surface area (Å²) in [5.74, 6) is 0.857. The lowest BCUT2D eigenvalue weighted by atomic mass is 9.94. The molecule has 0 unspecified atom stereocenters. The fourth-order valence-corrected chi connectivity index (χ4v) is 6.52. The van der Waals surface area contributed by atoms with E-state index in [4.69, 9.17) is 14.4 Å². The molecule has 0 amide bonds. The number of benzene rings is 6. The number of hydrogen-bond acceptors (Lipinski definition) is 4. The maximum atomic E-state index is 10.9. The van der Waals surface area contributed by atoms with Gasteiger partial charge >= 0.3 is 0 Å². The second kappa shape index (κ2) is 10.9. The minimum atomic E-state index is 0.182. The Labute approximate surface area is 270 Å². The number of aromatic nitrogens is 3. The van der Waals surface area contributed by atoms with Gasteiger partial charge in [0.15, 0.2) is 0 Å². The summed E-state index contributed by atoms with van der Waals surface area (Å²) in [7, 11) is 0. The number of para-hydroxylation sites is 4. The summed E-state index contributed by atoms with van der Waals surface area (Å²) in [5, 5.41) is 13.0. The molecule has 222 valence electrons. The topological polar surface area (TPSA) is 64.1 Å². The third-order valence-electron chi connectivity index (χ3n) is 8.75. The summed E-state index contributed by atoms with van der Waals surface area (Å²) in [6.45, 7) is 0. The molecule has 0 spiro atoms. The van der Waals surface area contributed by atoms with Crippen molar-refractivity contribution in [3.8, 4) is 56.3 Å². The van der Waals surface area contributed by atoms with E-state index in [1.165, 1.54) is 0 Å². The van der Waals surface area contributed by atoms with Crippen molar-refractivity contribution in [1.82, 2.24) is 14.5 Å². The molecule has 0 atom stereocenters. The van der Waals surface area contributed by atoms with Crippen LogP contribution in [-0.2, 0) is 0 Å². The molecular weight excluding hydrogens is 578 g/mol. The fourth-order valence-electron chi connectivity index (χ4n) is 6.52. The van der Waals surface area contributed by atoms with E-state index < -0.39 is 0 Å². The van der Waals surface area contributed by atoms with Gasteiger partial charge in [0.05, 0.1) is 22.3 Å². The van der Waals surface area contributed by atoms with Gasteiger partial charge in [0.2, 0.25) is 0 Å². The molecule has 47 heavy (non-hydrogen) atoms. The minimum Gasteiger partial charge on any atom is -0.507 e. The number of furan rings is 1. The first-order valence-electron chi connectivity index (χ1n) is 15.5. The van der Waals surface area contributed by atoms with Gasteiger partial charge in [0, 0.05) is 39.8 Å². The quantitative estimate of drug-likeness (QED) is 0.212. The number of aromatic hydroxyl groups is 1. The molecule has 0 aliphatic rings. The van der Waals surface area contributed by atoms with Gasteiger partial charge in [-0.15, -0.1) is 0 Å². The van der Waals surface area contributed by atoms with Crippen LogP contribution in [-0.4, -0.2) is 19.6 Å². The van der Waals surface area contributed by atoms with Gasteiger partial charge in [0.1, 0.15) is 22.7 Å². The van der Waals surface area contributed by atoms with Crippen molar-refractivity contribution < 1.29 is 9.52 Å². The van der Waals surface area contributed by atoms with Crippen molar-refractivity contribution in [2.24, 2.45) is 0 Å². The predicted molar refractivity (Wildman–Crippen MR) is 190 cm³/mol. The van der Waals surface area contributed by atoms with Gasteiger partial charge in [-0.25, -0.2) is 4.98 Å². The zero-order valence-electron chi connectivity index (χ0n) is 25.2. The Morgan fingerprint density at radius 3 is 2.09 bits per heavy atom. The predicted octanol–water partition coefficient (Wildman–Crippen LogP) is 10.7.